The SMILES string of the molecule is O=C(CCOCCNC(=O)OCC1c2ccccc2-c2ccccc21)NCC1CCOC1C(=O)O. The molecule has 1 fully saturated rings. The molecule has 1 aliphatic carbocycles. The lowest BCUT2D eigenvalue weighted by atomic mass is 9.98. The summed E-state index contributed by atoms with van der Waals surface area (Å²) in [6.45, 7) is 1.60. The molecule has 0 spiro atoms. The van der Waals surface area contributed by atoms with E-state index in [0.717, 1.165) is 11.1 Å². The Balaban J connectivity index is 1.09. The van der Waals surface area contributed by atoms with Crippen molar-refractivity contribution in [2.75, 3.05) is 39.5 Å². The Bertz CT molecular complexity index is 1010. The summed E-state index contributed by atoms with van der Waals surface area (Å²) < 4.78 is 16.0. The van der Waals surface area contributed by atoms with Crippen LogP contribution < -0.4 is 10.6 Å². The average molecular weight is 483 g/mol. The quantitative estimate of drug-likeness (QED) is 0.421. The van der Waals surface area contributed by atoms with Crippen molar-refractivity contribution in [3.8, 4) is 11.1 Å². The molecule has 2 aromatic rings. The van der Waals surface area contributed by atoms with E-state index in [1.54, 1.807) is 0 Å². The molecule has 9 heteroatoms. The third-order valence-corrected chi connectivity index (χ3v) is 6.35. The zero-order valence-corrected chi connectivity index (χ0v) is 19.4. The number of carboxylic acids is 1. The number of hydrogen-bond acceptors (Lipinski definition) is 6. The van der Waals surface area contributed by atoms with E-state index < -0.39 is 18.2 Å². The van der Waals surface area contributed by atoms with E-state index in [2.05, 4.69) is 34.9 Å². The summed E-state index contributed by atoms with van der Waals surface area (Å²) in [4.78, 5) is 35.2. The molecule has 35 heavy (non-hydrogen) atoms. The molecule has 186 valence electrons. The number of hydrogen-bond donors (Lipinski definition) is 3. The lowest BCUT2D eigenvalue weighted by molar-refractivity contribution is -0.149. The molecule has 1 aliphatic heterocycles. The number of fused-ring (bicyclic) bond motifs is 3. The van der Waals surface area contributed by atoms with E-state index in [-0.39, 0.29) is 57.1 Å². The van der Waals surface area contributed by atoms with Crippen LogP contribution in [0.5, 0.6) is 0 Å². The van der Waals surface area contributed by atoms with Crippen molar-refractivity contribution in [3.63, 3.8) is 0 Å². The van der Waals surface area contributed by atoms with Crippen molar-refractivity contribution in [2.24, 2.45) is 5.92 Å². The number of amides is 2. The van der Waals surface area contributed by atoms with Gasteiger partial charge in [-0.05, 0) is 28.7 Å². The zero-order valence-electron chi connectivity index (χ0n) is 19.4. The van der Waals surface area contributed by atoms with Gasteiger partial charge in [-0.1, -0.05) is 48.5 Å². The lowest BCUT2D eigenvalue weighted by Crippen LogP contribution is -2.36. The maximum absolute atomic E-state index is 12.1. The largest absolute Gasteiger partial charge is 0.479 e. The van der Waals surface area contributed by atoms with E-state index in [1.165, 1.54) is 11.1 Å². The van der Waals surface area contributed by atoms with Crippen LogP contribution in [0, 0.1) is 5.92 Å². The van der Waals surface area contributed by atoms with Crippen molar-refractivity contribution in [1.29, 1.82) is 0 Å². The summed E-state index contributed by atoms with van der Waals surface area (Å²) in [6, 6.07) is 16.3. The first kappa shape index (κ1) is 24.7. The van der Waals surface area contributed by atoms with Gasteiger partial charge in [-0.25, -0.2) is 9.59 Å². The second-order valence-corrected chi connectivity index (χ2v) is 8.60. The predicted octanol–water partition coefficient (Wildman–Crippen LogP) is 2.54. The van der Waals surface area contributed by atoms with Crippen LogP contribution >= 0.6 is 0 Å². The van der Waals surface area contributed by atoms with Crippen molar-refractivity contribution in [1.82, 2.24) is 10.6 Å². The summed E-state index contributed by atoms with van der Waals surface area (Å²) >= 11 is 0. The summed E-state index contributed by atoms with van der Waals surface area (Å²) in [5.41, 5.74) is 4.66. The highest BCUT2D eigenvalue weighted by Gasteiger charge is 2.34. The number of nitrogens with one attached hydrogen (secondary N) is 2. The summed E-state index contributed by atoms with van der Waals surface area (Å²) in [5, 5.41) is 14.5. The molecule has 2 aromatic carbocycles. The number of rotatable bonds is 11. The van der Waals surface area contributed by atoms with Crippen LogP contribution in [0.1, 0.15) is 29.9 Å². The van der Waals surface area contributed by atoms with E-state index in [4.69, 9.17) is 19.3 Å². The molecule has 0 aromatic heterocycles. The van der Waals surface area contributed by atoms with Gasteiger partial charge in [0.05, 0.1) is 13.2 Å². The first-order chi connectivity index (χ1) is 17.0. The van der Waals surface area contributed by atoms with Gasteiger partial charge in [-0.15, -0.1) is 0 Å². The maximum Gasteiger partial charge on any atom is 0.407 e. The van der Waals surface area contributed by atoms with Gasteiger partial charge in [0.1, 0.15) is 6.61 Å². The minimum absolute atomic E-state index is 0.00415. The number of carboxylic acid groups (broad SMARTS) is 1. The normalized spacial score (nSPS) is 18.5. The number of carbonyl (C=O) groups is 3. The van der Waals surface area contributed by atoms with Crippen LogP contribution in [-0.4, -0.2) is 68.7 Å². The topological polar surface area (TPSA) is 123 Å². The number of alkyl carbamates (subject to hydrolysis) is 1. The van der Waals surface area contributed by atoms with Gasteiger partial charge >= 0.3 is 12.1 Å². The number of ether oxygens (including phenoxy) is 3. The van der Waals surface area contributed by atoms with E-state index in [9.17, 15) is 14.4 Å². The Morgan fingerprint density at radius 2 is 1.66 bits per heavy atom. The second-order valence-electron chi connectivity index (χ2n) is 8.60. The smallest absolute Gasteiger partial charge is 0.407 e. The Morgan fingerprint density at radius 3 is 2.34 bits per heavy atom. The molecule has 0 bridgehead atoms. The average Bonchev–Trinajstić information content (AvgIpc) is 3.46. The molecule has 0 saturated carbocycles. The van der Waals surface area contributed by atoms with E-state index >= 15 is 0 Å². The van der Waals surface area contributed by atoms with Crippen LogP contribution in [0.2, 0.25) is 0 Å². The molecular weight excluding hydrogens is 452 g/mol. The Hall–Kier alpha value is -3.43. The van der Waals surface area contributed by atoms with E-state index in [0.29, 0.717) is 13.0 Å². The van der Waals surface area contributed by atoms with Crippen LogP contribution in [0.25, 0.3) is 11.1 Å². The van der Waals surface area contributed by atoms with Gasteiger partial charge in [0.15, 0.2) is 6.10 Å². The fraction of sp³-hybridized carbons (Fsp3) is 0.423. The molecule has 1 saturated heterocycles. The lowest BCUT2D eigenvalue weighted by Gasteiger charge is -2.15. The molecule has 1 heterocycles. The fourth-order valence-corrected chi connectivity index (χ4v) is 4.59. The number of aliphatic carboxylic acids is 1. The molecular formula is C26H30N2O7. The molecule has 2 amide bonds. The molecule has 2 atom stereocenters. The highest BCUT2D eigenvalue weighted by Crippen LogP contribution is 2.44. The maximum atomic E-state index is 12.1. The van der Waals surface area contributed by atoms with Crippen molar-refractivity contribution >= 4 is 18.0 Å². The Morgan fingerprint density at radius 1 is 0.971 bits per heavy atom. The summed E-state index contributed by atoms with van der Waals surface area (Å²) in [6.07, 6.45) is -0.624. The van der Waals surface area contributed by atoms with Gasteiger partial charge in [-0.3, -0.25) is 4.79 Å². The monoisotopic (exact) mass is 482 g/mol. The minimum Gasteiger partial charge on any atom is -0.479 e. The summed E-state index contributed by atoms with van der Waals surface area (Å²) in [5.74, 6) is -1.44. The molecule has 0 radical (unpaired) electrons. The third kappa shape index (κ3) is 6.17. The highest BCUT2D eigenvalue weighted by molar-refractivity contribution is 5.79. The van der Waals surface area contributed by atoms with Gasteiger partial charge in [0.25, 0.3) is 0 Å². The first-order valence-corrected chi connectivity index (χ1v) is 11.8. The minimum atomic E-state index is -1.01. The van der Waals surface area contributed by atoms with Gasteiger partial charge in [0.2, 0.25) is 5.91 Å². The molecule has 2 aliphatic rings. The molecule has 3 N–H and O–H groups in total. The third-order valence-electron chi connectivity index (χ3n) is 6.35. The predicted molar refractivity (Wildman–Crippen MR) is 127 cm³/mol. The molecule has 9 nitrogen and oxygen atoms in total. The number of benzene rings is 2. The van der Waals surface area contributed by atoms with Crippen LogP contribution in [-0.2, 0) is 23.8 Å². The van der Waals surface area contributed by atoms with Gasteiger partial charge in [-0.2, -0.15) is 0 Å². The van der Waals surface area contributed by atoms with Crippen LogP contribution in [0.15, 0.2) is 48.5 Å². The Labute approximate surface area is 203 Å². The van der Waals surface area contributed by atoms with Crippen molar-refractivity contribution in [3.05, 3.63) is 59.7 Å². The molecule has 2 unspecified atom stereocenters. The highest BCUT2D eigenvalue weighted by atomic mass is 16.5. The van der Waals surface area contributed by atoms with Crippen LogP contribution in [0.3, 0.4) is 0 Å². The Kier molecular flexibility index (Phi) is 8.33. The standard InChI is InChI=1S/C26H30N2O7/c29-23(28-15-17-9-13-34-24(17)25(30)31)10-12-33-14-11-27-26(32)35-16-22-20-7-3-1-5-18(20)19-6-2-4-8-21(19)22/h1-8,17,22,24H,9-16H2,(H,27,32)(H,28,29)(H,30,31). The number of carbonyl (C=O) groups excluding carboxylic acids is 2. The van der Waals surface area contributed by atoms with Gasteiger partial charge in [0, 0.05) is 38.0 Å². The van der Waals surface area contributed by atoms with Crippen LogP contribution in [0.4, 0.5) is 4.79 Å². The second kappa shape index (κ2) is 11.8. The zero-order chi connectivity index (χ0) is 24.6. The first-order valence-electron chi connectivity index (χ1n) is 11.8. The van der Waals surface area contributed by atoms with Gasteiger partial charge < -0.3 is 30.0 Å². The van der Waals surface area contributed by atoms with Crippen molar-refractivity contribution in [2.45, 2.75) is 24.9 Å². The molecule has 4 rings (SSSR count). The fourth-order valence-electron chi connectivity index (χ4n) is 4.59. The summed E-state index contributed by atoms with van der Waals surface area (Å²) in [7, 11) is 0. The van der Waals surface area contributed by atoms with E-state index in [1.807, 2.05) is 24.3 Å². The van der Waals surface area contributed by atoms with Crippen molar-refractivity contribution < 1.29 is 33.7 Å².